The summed E-state index contributed by atoms with van der Waals surface area (Å²) in [4.78, 5) is 20.3. The predicted molar refractivity (Wildman–Crippen MR) is 77.3 cm³/mol. The van der Waals surface area contributed by atoms with Crippen molar-refractivity contribution in [3.05, 3.63) is 29.3 Å². The Hall–Kier alpha value is -1.75. The zero-order valence-corrected chi connectivity index (χ0v) is 12.6. The first-order chi connectivity index (χ1) is 10.0. The number of hydrogen-bond acceptors (Lipinski definition) is 4. The Kier molecular flexibility index (Phi) is 7.02. The SMILES string of the molecule is CC=O.Cc1ccc2c(c1)C(COC(C)CF)CC(=O)O2. The second-order valence-corrected chi connectivity index (χ2v) is 4.95. The van der Waals surface area contributed by atoms with Crippen LogP contribution >= 0.6 is 0 Å². The third-order valence-electron chi connectivity index (χ3n) is 3.04. The second-order valence-electron chi connectivity index (χ2n) is 4.95. The summed E-state index contributed by atoms with van der Waals surface area (Å²) in [5.74, 6) is 0.293. The zero-order chi connectivity index (χ0) is 15.8. The van der Waals surface area contributed by atoms with E-state index < -0.39 is 12.8 Å². The molecule has 4 nitrogen and oxygen atoms in total. The van der Waals surface area contributed by atoms with Gasteiger partial charge in [0.2, 0.25) is 0 Å². The number of benzene rings is 1. The molecule has 116 valence electrons. The normalized spacial score (nSPS) is 17.9. The van der Waals surface area contributed by atoms with Gasteiger partial charge in [0, 0.05) is 11.5 Å². The number of carbonyl (C=O) groups excluding carboxylic acids is 2. The predicted octanol–water partition coefficient (Wildman–Crippen LogP) is 2.97. The number of carbonyl (C=O) groups is 2. The van der Waals surface area contributed by atoms with Gasteiger partial charge < -0.3 is 14.3 Å². The first-order valence-corrected chi connectivity index (χ1v) is 6.90. The van der Waals surface area contributed by atoms with E-state index in [1.165, 1.54) is 6.92 Å². The molecular weight excluding hydrogens is 275 g/mol. The Morgan fingerprint density at radius 1 is 1.52 bits per heavy atom. The van der Waals surface area contributed by atoms with E-state index in [1.54, 1.807) is 13.0 Å². The van der Waals surface area contributed by atoms with Gasteiger partial charge in [0.05, 0.1) is 19.1 Å². The largest absolute Gasteiger partial charge is 0.426 e. The van der Waals surface area contributed by atoms with E-state index in [4.69, 9.17) is 14.3 Å². The molecule has 0 radical (unpaired) electrons. The number of halogens is 1. The molecule has 1 aromatic carbocycles. The third kappa shape index (κ3) is 5.27. The maximum atomic E-state index is 12.4. The fraction of sp³-hybridized carbons (Fsp3) is 0.500. The van der Waals surface area contributed by atoms with E-state index in [9.17, 15) is 9.18 Å². The highest BCUT2D eigenvalue weighted by molar-refractivity contribution is 5.76. The highest BCUT2D eigenvalue weighted by atomic mass is 19.1. The van der Waals surface area contributed by atoms with Crippen LogP contribution in [-0.4, -0.2) is 31.6 Å². The third-order valence-corrected chi connectivity index (χ3v) is 3.04. The van der Waals surface area contributed by atoms with Crippen molar-refractivity contribution in [2.45, 2.75) is 39.2 Å². The summed E-state index contributed by atoms with van der Waals surface area (Å²) in [6.07, 6.45) is 0.603. The van der Waals surface area contributed by atoms with Gasteiger partial charge in [0.25, 0.3) is 0 Å². The molecular formula is C16H21FO4. The van der Waals surface area contributed by atoms with Crippen molar-refractivity contribution in [2.75, 3.05) is 13.3 Å². The fourth-order valence-corrected chi connectivity index (χ4v) is 2.03. The molecule has 0 amide bonds. The van der Waals surface area contributed by atoms with Gasteiger partial charge in [-0.2, -0.15) is 0 Å². The maximum absolute atomic E-state index is 12.4. The summed E-state index contributed by atoms with van der Waals surface area (Å²) in [6.45, 7) is 4.94. The van der Waals surface area contributed by atoms with Crippen molar-refractivity contribution in [2.24, 2.45) is 0 Å². The fourth-order valence-electron chi connectivity index (χ4n) is 2.03. The van der Waals surface area contributed by atoms with E-state index in [2.05, 4.69) is 0 Å². The van der Waals surface area contributed by atoms with E-state index in [1.807, 2.05) is 19.1 Å². The lowest BCUT2D eigenvalue weighted by Gasteiger charge is -2.25. The Balaban J connectivity index is 0.000000677. The highest BCUT2D eigenvalue weighted by Gasteiger charge is 2.27. The molecule has 0 saturated heterocycles. The Morgan fingerprint density at radius 2 is 2.19 bits per heavy atom. The van der Waals surface area contributed by atoms with E-state index in [-0.39, 0.29) is 18.3 Å². The average Bonchev–Trinajstić information content (AvgIpc) is 2.45. The van der Waals surface area contributed by atoms with Gasteiger partial charge in [0.15, 0.2) is 0 Å². The van der Waals surface area contributed by atoms with Crippen LogP contribution < -0.4 is 4.74 Å². The zero-order valence-electron chi connectivity index (χ0n) is 12.6. The number of rotatable bonds is 4. The molecule has 2 unspecified atom stereocenters. The lowest BCUT2D eigenvalue weighted by Crippen LogP contribution is -2.25. The van der Waals surface area contributed by atoms with Gasteiger partial charge in [-0.1, -0.05) is 17.7 Å². The average molecular weight is 296 g/mol. The van der Waals surface area contributed by atoms with Crippen LogP contribution in [0, 0.1) is 6.92 Å². The number of ether oxygens (including phenoxy) is 2. The summed E-state index contributed by atoms with van der Waals surface area (Å²) in [5.41, 5.74) is 2.08. The Labute approximate surface area is 124 Å². The molecule has 1 aliphatic rings. The molecule has 0 bridgehead atoms. The van der Waals surface area contributed by atoms with E-state index >= 15 is 0 Å². The van der Waals surface area contributed by atoms with E-state index in [0.29, 0.717) is 12.4 Å². The van der Waals surface area contributed by atoms with Crippen LogP contribution in [0.15, 0.2) is 18.2 Å². The van der Waals surface area contributed by atoms with Crippen molar-refractivity contribution in [3.8, 4) is 5.75 Å². The van der Waals surface area contributed by atoms with Gasteiger partial charge in [-0.05, 0) is 26.8 Å². The first kappa shape index (κ1) is 17.3. The van der Waals surface area contributed by atoms with Crippen LogP contribution in [0.5, 0.6) is 5.75 Å². The molecule has 0 saturated carbocycles. The van der Waals surface area contributed by atoms with Gasteiger partial charge >= 0.3 is 5.97 Å². The second kappa shape index (κ2) is 8.52. The number of aldehydes is 1. The number of alkyl halides is 1. The van der Waals surface area contributed by atoms with Crippen LogP contribution in [0.4, 0.5) is 4.39 Å². The van der Waals surface area contributed by atoms with Gasteiger partial charge in [-0.3, -0.25) is 4.79 Å². The number of aryl methyl sites for hydroxylation is 1. The molecule has 5 heteroatoms. The standard InChI is InChI=1S/C14H17FO3.C2H4O/c1-9-3-4-13-12(5-9)11(6-14(16)18-13)8-17-10(2)7-15;1-2-3/h3-5,10-11H,6-8H2,1-2H3;2H,1H3. The number of hydrogen-bond donors (Lipinski definition) is 0. The molecule has 0 aromatic heterocycles. The molecule has 21 heavy (non-hydrogen) atoms. The molecule has 0 fully saturated rings. The molecule has 1 aliphatic heterocycles. The highest BCUT2D eigenvalue weighted by Crippen LogP contribution is 2.35. The molecule has 2 rings (SSSR count). The summed E-state index contributed by atoms with van der Waals surface area (Å²) >= 11 is 0. The molecule has 0 spiro atoms. The monoisotopic (exact) mass is 296 g/mol. The molecule has 0 aliphatic carbocycles. The minimum Gasteiger partial charge on any atom is -0.426 e. The molecule has 0 N–H and O–H groups in total. The van der Waals surface area contributed by atoms with Crippen molar-refractivity contribution < 1.29 is 23.5 Å². The van der Waals surface area contributed by atoms with Crippen LogP contribution in [0.2, 0.25) is 0 Å². The van der Waals surface area contributed by atoms with Crippen LogP contribution in [0.3, 0.4) is 0 Å². The van der Waals surface area contributed by atoms with Crippen molar-refractivity contribution in [1.82, 2.24) is 0 Å². The van der Waals surface area contributed by atoms with Crippen molar-refractivity contribution in [1.29, 1.82) is 0 Å². The van der Waals surface area contributed by atoms with Crippen molar-refractivity contribution >= 4 is 12.3 Å². The molecule has 1 heterocycles. The maximum Gasteiger partial charge on any atom is 0.311 e. The van der Waals surface area contributed by atoms with Gasteiger partial charge in [0.1, 0.15) is 18.7 Å². The van der Waals surface area contributed by atoms with Crippen molar-refractivity contribution in [3.63, 3.8) is 0 Å². The summed E-state index contributed by atoms with van der Waals surface area (Å²) in [7, 11) is 0. The van der Waals surface area contributed by atoms with Crippen LogP contribution in [-0.2, 0) is 14.3 Å². The van der Waals surface area contributed by atoms with Gasteiger partial charge in [-0.25, -0.2) is 4.39 Å². The number of fused-ring (bicyclic) bond motifs is 1. The van der Waals surface area contributed by atoms with Gasteiger partial charge in [-0.15, -0.1) is 0 Å². The molecule has 2 atom stereocenters. The minimum absolute atomic E-state index is 0.0462. The number of esters is 1. The lowest BCUT2D eigenvalue weighted by molar-refractivity contribution is -0.136. The van der Waals surface area contributed by atoms with Crippen LogP contribution in [0.1, 0.15) is 37.3 Å². The summed E-state index contributed by atoms with van der Waals surface area (Å²) in [6, 6.07) is 5.70. The summed E-state index contributed by atoms with van der Waals surface area (Å²) < 4.78 is 22.9. The Morgan fingerprint density at radius 3 is 2.81 bits per heavy atom. The van der Waals surface area contributed by atoms with E-state index in [0.717, 1.165) is 17.4 Å². The minimum atomic E-state index is -0.516. The smallest absolute Gasteiger partial charge is 0.311 e. The topological polar surface area (TPSA) is 52.6 Å². The molecule has 1 aromatic rings. The Bertz CT molecular complexity index is 487. The summed E-state index contributed by atoms with van der Waals surface area (Å²) in [5, 5.41) is 0. The quantitative estimate of drug-likeness (QED) is 0.487. The first-order valence-electron chi connectivity index (χ1n) is 6.90. The van der Waals surface area contributed by atoms with Crippen LogP contribution in [0.25, 0.3) is 0 Å². The lowest BCUT2D eigenvalue weighted by atomic mass is 9.92.